The molecule has 0 aliphatic rings. The van der Waals surface area contributed by atoms with Gasteiger partial charge in [-0.2, -0.15) is 84.3 Å². The maximum atomic E-state index is 15.5. The molecule has 10 rings (SSSR count). The highest BCUT2D eigenvalue weighted by molar-refractivity contribution is 6.13. The number of aromatic nitrogens is 2. The van der Waals surface area contributed by atoms with Crippen LogP contribution in [0.2, 0.25) is 0 Å². The van der Waals surface area contributed by atoms with Crippen molar-refractivity contribution in [2.24, 2.45) is 0 Å². The molecule has 76 heavy (non-hydrogen) atoms. The van der Waals surface area contributed by atoms with Crippen LogP contribution in [0.4, 0.5) is 79.0 Å². The van der Waals surface area contributed by atoms with Crippen molar-refractivity contribution in [2.75, 3.05) is 0 Å². The van der Waals surface area contributed by atoms with E-state index in [1.165, 1.54) is 81.9 Å². The van der Waals surface area contributed by atoms with Crippen molar-refractivity contribution in [3.05, 3.63) is 191 Å². The van der Waals surface area contributed by atoms with Gasteiger partial charge in [0.15, 0.2) is 0 Å². The topological polar surface area (TPSA) is 33.6 Å². The summed E-state index contributed by atoms with van der Waals surface area (Å²) in [7, 11) is 0. The predicted molar refractivity (Wildman–Crippen MR) is 246 cm³/mol. The van der Waals surface area contributed by atoms with Crippen molar-refractivity contribution in [3.8, 4) is 50.8 Å². The number of halogens is 18. The van der Waals surface area contributed by atoms with Crippen molar-refractivity contribution in [2.45, 2.75) is 37.1 Å². The number of nitriles is 1. The van der Waals surface area contributed by atoms with Crippen LogP contribution in [0.3, 0.4) is 0 Å². The van der Waals surface area contributed by atoms with Crippen LogP contribution in [0.1, 0.15) is 38.9 Å². The van der Waals surface area contributed by atoms with Crippen LogP contribution >= 0.6 is 0 Å². The summed E-state index contributed by atoms with van der Waals surface area (Å²) in [6.45, 7) is 0. The number of hydrogen-bond donors (Lipinski definition) is 0. The third-order valence-electron chi connectivity index (χ3n) is 12.9. The Morgan fingerprint density at radius 2 is 0.645 bits per heavy atom. The highest BCUT2D eigenvalue weighted by Gasteiger charge is 2.42. The zero-order valence-electron chi connectivity index (χ0n) is 37.6. The van der Waals surface area contributed by atoms with Crippen LogP contribution in [0.5, 0.6) is 0 Å². The molecule has 2 heterocycles. The van der Waals surface area contributed by atoms with Gasteiger partial charge in [-0.1, -0.05) is 66.7 Å². The average Bonchev–Trinajstić information content (AvgIpc) is 3.93. The minimum atomic E-state index is -5.56. The number of hydrogen-bond acceptors (Lipinski definition) is 1. The van der Waals surface area contributed by atoms with E-state index in [0.717, 1.165) is 24.3 Å². The van der Waals surface area contributed by atoms with Crippen LogP contribution in [0.25, 0.3) is 88.4 Å². The zero-order chi connectivity index (χ0) is 54.8. The molecule has 0 aliphatic carbocycles. The van der Waals surface area contributed by atoms with E-state index in [2.05, 4.69) is 0 Å². The van der Waals surface area contributed by atoms with Crippen molar-refractivity contribution >= 4 is 43.6 Å². The second-order valence-corrected chi connectivity index (χ2v) is 17.4. The minimum Gasteiger partial charge on any atom is -0.308 e. The van der Waals surface area contributed by atoms with Crippen LogP contribution < -0.4 is 0 Å². The van der Waals surface area contributed by atoms with Gasteiger partial charge < -0.3 is 9.13 Å². The molecule has 0 radical (unpaired) electrons. The molecule has 0 amide bonds. The van der Waals surface area contributed by atoms with E-state index in [0.29, 0.717) is 36.4 Å². The summed E-state index contributed by atoms with van der Waals surface area (Å²) >= 11 is 0. The van der Waals surface area contributed by atoms with Crippen molar-refractivity contribution in [1.82, 2.24) is 9.13 Å². The molecule has 0 fully saturated rings. The maximum absolute atomic E-state index is 15.5. The lowest BCUT2D eigenvalue weighted by Gasteiger charge is -2.24. The largest absolute Gasteiger partial charge is 0.417 e. The van der Waals surface area contributed by atoms with E-state index in [4.69, 9.17) is 0 Å². The highest BCUT2D eigenvalue weighted by atomic mass is 19.4. The number of para-hydroxylation sites is 2. The summed E-state index contributed by atoms with van der Waals surface area (Å²) in [5.74, 6) is 0. The lowest BCUT2D eigenvalue weighted by atomic mass is 9.92. The van der Waals surface area contributed by atoms with E-state index in [9.17, 15) is 71.1 Å². The summed E-state index contributed by atoms with van der Waals surface area (Å²) < 4.78 is 261. The van der Waals surface area contributed by atoms with Gasteiger partial charge in [0.2, 0.25) is 0 Å². The van der Waals surface area contributed by atoms with Gasteiger partial charge in [-0.15, -0.1) is 0 Å². The molecule has 10 aromatic rings. The third-order valence-corrected chi connectivity index (χ3v) is 12.9. The molecule has 386 valence electrons. The number of nitrogens with zero attached hydrogens (tertiary/aromatic N) is 3. The van der Waals surface area contributed by atoms with Gasteiger partial charge in [-0.25, -0.2) is 0 Å². The fourth-order valence-electron chi connectivity index (χ4n) is 9.69. The number of benzene rings is 8. The van der Waals surface area contributed by atoms with Gasteiger partial charge in [-0.05, 0) is 113 Å². The zero-order valence-corrected chi connectivity index (χ0v) is 37.6. The van der Waals surface area contributed by atoms with Crippen molar-refractivity contribution in [1.29, 1.82) is 5.26 Å². The summed E-state index contributed by atoms with van der Waals surface area (Å²) in [5, 5.41) is 11.2. The van der Waals surface area contributed by atoms with Gasteiger partial charge in [0, 0.05) is 27.1 Å². The summed E-state index contributed by atoms with van der Waals surface area (Å²) in [5.41, 5.74) is -14.1. The Labute approximate surface area is 414 Å². The summed E-state index contributed by atoms with van der Waals surface area (Å²) in [4.78, 5) is 0. The maximum Gasteiger partial charge on any atom is 0.417 e. The quantitative estimate of drug-likeness (QED) is 0.158. The second kappa shape index (κ2) is 17.3. The molecule has 0 atom stereocenters. The molecule has 0 N–H and O–H groups in total. The van der Waals surface area contributed by atoms with Crippen molar-refractivity contribution in [3.63, 3.8) is 0 Å². The standard InChI is InChI=1S/C55H25F18N3/c56-50(57,58)30-11-14-33(40(23-30)53(65,66)67)28-9-17-45-38(21-28)35-5-1-3-7-43(35)75(45)47-19-27(26-74)20-48(49(47)37-16-13-32(52(62,63)64)25-42(37)55(71,72)73)76-44-8-4-2-6-36(44)39-22-29(10-18-46(39)76)34-15-12-31(51(59,60)61)24-41(34)54(68,69)70/h1-25H. The van der Waals surface area contributed by atoms with E-state index in [-0.39, 0.29) is 89.9 Å². The fourth-order valence-corrected chi connectivity index (χ4v) is 9.69. The Morgan fingerprint density at radius 3 is 0.987 bits per heavy atom. The highest BCUT2D eigenvalue weighted by Crippen LogP contribution is 2.50. The van der Waals surface area contributed by atoms with Crippen LogP contribution in [-0.4, -0.2) is 9.13 Å². The first-order valence-electron chi connectivity index (χ1n) is 22.0. The number of rotatable bonds is 5. The lowest BCUT2D eigenvalue weighted by molar-refractivity contribution is -0.144. The Morgan fingerprint density at radius 1 is 0.316 bits per heavy atom. The first-order chi connectivity index (χ1) is 35.4. The molecule has 0 saturated heterocycles. The molecule has 0 bridgehead atoms. The molecule has 21 heteroatoms. The minimum absolute atomic E-state index is 0.0112. The van der Waals surface area contributed by atoms with Crippen LogP contribution in [-0.2, 0) is 37.1 Å². The van der Waals surface area contributed by atoms with Crippen LogP contribution in [0, 0.1) is 11.3 Å². The molecule has 0 aliphatic heterocycles. The predicted octanol–water partition coefficient (Wildman–Crippen LogP) is 18.9. The molecule has 0 spiro atoms. The Bertz CT molecular complexity index is 3830. The first-order valence-corrected chi connectivity index (χ1v) is 22.0. The Kier molecular flexibility index (Phi) is 11.6. The Hall–Kier alpha value is -8.41. The number of fused-ring (bicyclic) bond motifs is 6. The Balaban J connectivity index is 1.32. The van der Waals surface area contributed by atoms with Gasteiger partial charge in [0.25, 0.3) is 0 Å². The summed E-state index contributed by atoms with van der Waals surface area (Å²) in [6, 6.07) is 25.8. The van der Waals surface area contributed by atoms with E-state index in [1.54, 1.807) is 0 Å². The average molecular weight is 1070 g/mol. The second-order valence-electron chi connectivity index (χ2n) is 17.4. The monoisotopic (exact) mass is 1070 g/mol. The number of alkyl halides is 18. The first kappa shape index (κ1) is 51.1. The fraction of sp³-hybridized carbons (Fsp3) is 0.109. The summed E-state index contributed by atoms with van der Waals surface area (Å²) in [6.07, 6.45) is -31.8. The molecule has 2 aromatic heterocycles. The van der Waals surface area contributed by atoms with Gasteiger partial charge in [0.1, 0.15) is 0 Å². The smallest absolute Gasteiger partial charge is 0.308 e. The lowest BCUT2D eigenvalue weighted by Crippen LogP contribution is -2.14. The van der Waals surface area contributed by atoms with Gasteiger partial charge in [-0.3, -0.25) is 0 Å². The molecular formula is C55H25F18N3. The molecule has 8 aromatic carbocycles. The van der Waals surface area contributed by atoms with E-state index < -0.39 is 92.7 Å². The SMILES string of the molecule is N#Cc1cc(-n2c3ccccc3c3cc(-c4ccc(C(F)(F)F)cc4C(F)(F)F)ccc32)c(-c2ccc(C(F)(F)F)cc2C(F)(F)F)c(-n2c3ccccc3c3cc(-c4ccc(C(F)(F)F)cc4C(F)(F)F)ccc32)c1. The third kappa shape index (κ3) is 8.77. The van der Waals surface area contributed by atoms with Crippen molar-refractivity contribution < 1.29 is 79.0 Å². The molecular weight excluding hydrogens is 1040 g/mol. The van der Waals surface area contributed by atoms with Gasteiger partial charge in [0.05, 0.1) is 78.5 Å². The normalized spacial score (nSPS) is 13.1. The molecule has 0 saturated carbocycles. The van der Waals surface area contributed by atoms with Crippen LogP contribution in [0.15, 0.2) is 152 Å². The molecule has 3 nitrogen and oxygen atoms in total. The molecule has 0 unspecified atom stereocenters. The van der Waals surface area contributed by atoms with E-state index >= 15 is 13.2 Å². The van der Waals surface area contributed by atoms with E-state index in [1.807, 2.05) is 6.07 Å². The van der Waals surface area contributed by atoms with Gasteiger partial charge >= 0.3 is 37.1 Å².